The van der Waals surface area contributed by atoms with Gasteiger partial charge in [0, 0.05) is 13.1 Å². The molecule has 1 atom stereocenters. The number of nitrogens with one attached hydrogen (secondary N) is 1. The lowest BCUT2D eigenvalue weighted by Gasteiger charge is -2.22. The van der Waals surface area contributed by atoms with E-state index >= 15 is 0 Å². The molecule has 17 heavy (non-hydrogen) atoms. The smallest absolute Gasteiger partial charge is 0.321 e. The van der Waals surface area contributed by atoms with Crippen molar-refractivity contribution in [3.8, 4) is 0 Å². The summed E-state index contributed by atoms with van der Waals surface area (Å²) in [4.78, 5) is 10.9. The standard InChI is InChI=1S/C9H20N2O4S2/c1-4-11(5-2)17(14,15)10-8(9(12)13)6-7-16-3/h8,10H,4-7H2,1-3H3,(H,12,13)/t8-/m1/s1. The fourth-order valence-corrected chi connectivity index (χ4v) is 3.16. The van der Waals surface area contributed by atoms with E-state index in [-0.39, 0.29) is 6.42 Å². The highest BCUT2D eigenvalue weighted by atomic mass is 32.2. The molecule has 8 heteroatoms. The summed E-state index contributed by atoms with van der Waals surface area (Å²) in [7, 11) is -3.70. The Bertz CT molecular complexity index is 328. The van der Waals surface area contributed by atoms with Crippen molar-refractivity contribution in [2.45, 2.75) is 26.3 Å². The summed E-state index contributed by atoms with van der Waals surface area (Å²) < 4.78 is 27.0. The lowest BCUT2D eigenvalue weighted by atomic mass is 10.2. The number of carboxylic acids is 1. The summed E-state index contributed by atoms with van der Waals surface area (Å²) in [5.74, 6) is -0.549. The van der Waals surface area contributed by atoms with Crippen molar-refractivity contribution in [1.29, 1.82) is 0 Å². The highest BCUT2D eigenvalue weighted by Gasteiger charge is 2.26. The van der Waals surface area contributed by atoms with Crippen LogP contribution in [0.15, 0.2) is 0 Å². The number of nitrogens with zero attached hydrogens (tertiary/aromatic N) is 1. The number of carboxylic acid groups (broad SMARTS) is 1. The predicted molar refractivity (Wildman–Crippen MR) is 69.4 cm³/mol. The van der Waals surface area contributed by atoms with Gasteiger partial charge >= 0.3 is 5.97 Å². The molecule has 0 unspecified atom stereocenters. The molecule has 0 spiro atoms. The second-order valence-electron chi connectivity index (χ2n) is 3.38. The second kappa shape index (κ2) is 7.91. The highest BCUT2D eigenvalue weighted by Crippen LogP contribution is 2.05. The van der Waals surface area contributed by atoms with Crippen LogP contribution in [0.3, 0.4) is 0 Å². The van der Waals surface area contributed by atoms with Gasteiger partial charge in [0.2, 0.25) is 0 Å². The zero-order chi connectivity index (χ0) is 13.5. The molecule has 0 amide bonds. The average Bonchev–Trinajstić information content (AvgIpc) is 2.25. The number of carbonyl (C=O) groups is 1. The van der Waals surface area contributed by atoms with Crippen LogP contribution in [0.25, 0.3) is 0 Å². The molecule has 0 aromatic heterocycles. The van der Waals surface area contributed by atoms with Crippen molar-refractivity contribution in [2.75, 3.05) is 25.1 Å². The SMILES string of the molecule is CCN(CC)S(=O)(=O)N[C@H](CCSC)C(=O)O. The topological polar surface area (TPSA) is 86.7 Å². The summed E-state index contributed by atoms with van der Waals surface area (Å²) >= 11 is 1.48. The zero-order valence-electron chi connectivity index (χ0n) is 10.3. The Morgan fingerprint density at radius 3 is 2.29 bits per heavy atom. The van der Waals surface area contributed by atoms with Gasteiger partial charge in [-0.25, -0.2) is 0 Å². The molecule has 0 fully saturated rings. The molecule has 0 aliphatic heterocycles. The van der Waals surface area contributed by atoms with Gasteiger partial charge in [-0.15, -0.1) is 0 Å². The molecule has 2 N–H and O–H groups in total. The molecule has 0 aliphatic carbocycles. The molecule has 0 rings (SSSR count). The number of thioether (sulfide) groups is 1. The van der Waals surface area contributed by atoms with Crippen molar-refractivity contribution in [2.24, 2.45) is 0 Å². The normalized spacial score (nSPS) is 13.9. The van der Waals surface area contributed by atoms with Gasteiger partial charge in [0.1, 0.15) is 6.04 Å². The molecule has 0 saturated carbocycles. The maximum absolute atomic E-state index is 11.8. The first kappa shape index (κ1) is 16.7. The average molecular weight is 284 g/mol. The van der Waals surface area contributed by atoms with Crippen molar-refractivity contribution >= 4 is 27.9 Å². The number of rotatable bonds is 9. The van der Waals surface area contributed by atoms with E-state index < -0.39 is 22.2 Å². The Kier molecular flexibility index (Phi) is 7.77. The summed E-state index contributed by atoms with van der Waals surface area (Å²) in [6.07, 6.45) is 2.12. The molecule has 0 aromatic carbocycles. The summed E-state index contributed by atoms with van der Waals surface area (Å²) in [6.45, 7) is 4.06. The minimum absolute atomic E-state index is 0.275. The van der Waals surface area contributed by atoms with Crippen LogP contribution in [0, 0.1) is 0 Å². The van der Waals surface area contributed by atoms with E-state index in [9.17, 15) is 13.2 Å². The van der Waals surface area contributed by atoms with Crippen LogP contribution in [0.5, 0.6) is 0 Å². The quantitative estimate of drug-likeness (QED) is 0.639. The van der Waals surface area contributed by atoms with Crippen LogP contribution in [-0.2, 0) is 15.0 Å². The van der Waals surface area contributed by atoms with E-state index in [2.05, 4.69) is 4.72 Å². The zero-order valence-corrected chi connectivity index (χ0v) is 12.0. The van der Waals surface area contributed by atoms with Gasteiger partial charge in [0.25, 0.3) is 10.2 Å². The fourth-order valence-electron chi connectivity index (χ4n) is 1.29. The van der Waals surface area contributed by atoms with E-state index in [4.69, 9.17) is 5.11 Å². The third-order valence-electron chi connectivity index (χ3n) is 2.25. The van der Waals surface area contributed by atoms with Gasteiger partial charge in [-0.3, -0.25) is 4.79 Å². The van der Waals surface area contributed by atoms with Gasteiger partial charge in [0.05, 0.1) is 0 Å². The predicted octanol–water partition coefficient (Wildman–Crippen LogP) is 0.369. The Morgan fingerprint density at radius 2 is 1.94 bits per heavy atom. The van der Waals surface area contributed by atoms with Crippen molar-refractivity contribution in [3.63, 3.8) is 0 Å². The molecule has 0 bridgehead atoms. The lowest BCUT2D eigenvalue weighted by Crippen LogP contribution is -2.48. The first-order valence-electron chi connectivity index (χ1n) is 5.38. The molecular formula is C9H20N2O4S2. The van der Waals surface area contributed by atoms with Crippen LogP contribution in [-0.4, -0.2) is 54.9 Å². The first-order chi connectivity index (χ1) is 7.88. The largest absolute Gasteiger partial charge is 0.480 e. The van der Waals surface area contributed by atoms with E-state index in [0.29, 0.717) is 18.8 Å². The van der Waals surface area contributed by atoms with E-state index in [1.807, 2.05) is 6.26 Å². The van der Waals surface area contributed by atoms with Gasteiger partial charge in [0.15, 0.2) is 0 Å². The molecule has 102 valence electrons. The second-order valence-corrected chi connectivity index (χ2v) is 6.07. The molecule has 0 heterocycles. The Hall–Kier alpha value is -0.310. The van der Waals surface area contributed by atoms with Crippen LogP contribution < -0.4 is 4.72 Å². The van der Waals surface area contributed by atoms with Crippen molar-refractivity contribution in [3.05, 3.63) is 0 Å². The summed E-state index contributed by atoms with van der Waals surface area (Å²) in [5.41, 5.74) is 0. The third-order valence-corrected chi connectivity index (χ3v) is 4.67. The fraction of sp³-hybridized carbons (Fsp3) is 0.889. The Labute approximate surface area is 107 Å². The molecule has 0 aromatic rings. The molecule has 0 aliphatic rings. The van der Waals surface area contributed by atoms with Crippen molar-refractivity contribution < 1.29 is 18.3 Å². The third kappa shape index (κ3) is 5.71. The van der Waals surface area contributed by atoms with E-state index in [1.54, 1.807) is 13.8 Å². The van der Waals surface area contributed by atoms with Crippen LogP contribution in [0.1, 0.15) is 20.3 Å². The van der Waals surface area contributed by atoms with Gasteiger partial charge in [-0.2, -0.15) is 29.2 Å². The Morgan fingerprint density at radius 1 is 1.41 bits per heavy atom. The molecule has 0 saturated heterocycles. The lowest BCUT2D eigenvalue weighted by molar-refractivity contribution is -0.139. The first-order valence-corrected chi connectivity index (χ1v) is 8.21. The van der Waals surface area contributed by atoms with E-state index in [0.717, 1.165) is 0 Å². The maximum Gasteiger partial charge on any atom is 0.321 e. The van der Waals surface area contributed by atoms with E-state index in [1.165, 1.54) is 16.1 Å². The Balaban J connectivity index is 4.68. The monoisotopic (exact) mass is 284 g/mol. The summed E-state index contributed by atoms with van der Waals surface area (Å²) in [6, 6.07) is -1.06. The van der Waals surface area contributed by atoms with Crippen LogP contribution in [0.4, 0.5) is 0 Å². The molecule has 6 nitrogen and oxygen atoms in total. The van der Waals surface area contributed by atoms with Crippen LogP contribution in [0.2, 0.25) is 0 Å². The number of aliphatic carboxylic acids is 1. The highest BCUT2D eigenvalue weighted by molar-refractivity contribution is 7.98. The van der Waals surface area contributed by atoms with Gasteiger partial charge in [-0.05, 0) is 18.4 Å². The molecular weight excluding hydrogens is 264 g/mol. The van der Waals surface area contributed by atoms with Crippen molar-refractivity contribution in [1.82, 2.24) is 9.03 Å². The van der Waals surface area contributed by atoms with Gasteiger partial charge < -0.3 is 5.11 Å². The number of hydrogen-bond donors (Lipinski definition) is 2. The maximum atomic E-state index is 11.8. The summed E-state index contributed by atoms with van der Waals surface area (Å²) in [5, 5.41) is 8.94. The minimum Gasteiger partial charge on any atom is -0.480 e. The molecule has 0 radical (unpaired) electrons. The van der Waals surface area contributed by atoms with Crippen LogP contribution >= 0.6 is 11.8 Å². The number of hydrogen-bond acceptors (Lipinski definition) is 4. The minimum atomic E-state index is -3.70. The van der Waals surface area contributed by atoms with Gasteiger partial charge in [-0.1, -0.05) is 13.8 Å².